The number of non-ortho nitro benzene ring substituents is 1. The van der Waals surface area contributed by atoms with E-state index in [9.17, 15) is 23.7 Å². The molecule has 0 unspecified atom stereocenters. The van der Waals surface area contributed by atoms with Crippen LogP contribution in [-0.2, 0) is 15.6 Å². The van der Waals surface area contributed by atoms with Crippen molar-refractivity contribution >= 4 is 26.6 Å². The van der Waals surface area contributed by atoms with Gasteiger partial charge in [-0.15, -0.1) is 0 Å². The summed E-state index contributed by atoms with van der Waals surface area (Å²) in [6.45, 7) is 0. The van der Waals surface area contributed by atoms with E-state index in [4.69, 9.17) is 0 Å². The fraction of sp³-hybridized carbons (Fsp3) is 0.0769. The van der Waals surface area contributed by atoms with E-state index in [0.29, 0.717) is 0 Å². The first kappa shape index (κ1) is 14.9. The van der Waals surface area contributed by atoms with Crippen LogP contribution in [0.2, 0.25) is 0 Å². The van der Waals surface area contributed by atoms with E-state index in [1.807, 2.05) is 0 Å². The molecule has 0 aliphatic rings. The summed E-state index contributed by atoms with van der Waals surface area (Å²) in [7, 11) is -3.72. The van der Waals surface area contributed by atoms with Gasteiger partial charge in [-0.3, -0.25) is 14.7 Å². The summed E-state index contributed by atoms with van der Waals surface area (Å²) in [6, 6.07) is 9.99. The standard InChI is InChI=1S/C13H9N3O6S/c17-15(18)11-7-6-9(13-12(11)14-22-16(13)19)8-23(20,21)10-4-2-1-3-5-10/h1-7H,8H2. The molecule has 9 nitrogen and oxygen atoms in total. The van der Waals surface area contributed by atoms with Crippen molar-refractivity contribution in [2.75, 3.05) is 0 Å². The lowest BCUT2D eigenvalue weighted by atomic mass is 10.2. The Morgan fingerprint density at radius 1 is 1.17 bits per heavy atom. The number of benzene rings is 2. The molecule has 3 aromatic rings. The molecule has 118 valence electrons. The van der Waals surface area contributed by atoms with E-state index in [1.165, 1.54) is 18.2 Å². The number of rotatable bonds is 4. The Labute approximate surface area is 129 Å². The van der Waals surface area contributed by atoms with Crippen molar-refractivity contribution in [1.82, 2.24) is 5.16 Å². The lowest BCUT2D eigenvalue weighted by Crippen LogP contribution is -2.24. The molecule has 2 aromatic carbocycles. The molecule has 0 aliphatic heterocycles. The Morgan fingerprint density at radius 3 is 2.52 bits per heavy atom. The minimum atomic E-state index is -3.72. The Kier molecular flexibility index (Phi) is 3.45. The fourth-order valence-corrected chi connectivity index (χ4v) is 3.58. The maximum absolute atomic E-state index is 12.4. The third-order valence-electron chi connectivity index (χ3n) is 3.25. The molecule has 0 bridgehead atoms. The van der Waals surface area contributed by atoms with Crippen molar-refractivity contribution in [2.24, 2.45) is 0 Å². The van der Waals surface area contributed by atoms with Gasteiger partial charge in [-0.05, 0) is 23.1 Å². The van der Waals surface area contributed by atoms with Crippen LogP contribution in [0.3, 0.4) is 0 Å². The maximum atomic E-state index is 12.4. The molecule has 0 amide bonds. The summed E-state index contributed by atoms with van der Waals surface area (Å²) < 4.78 is 29.2. The molecule has 0 radical (unpaired) electrons. The summed E-state index contributed by atoms with van der Waals surface area (Å²) in [6.07, 6.45) is 0. The second-order valence-corrected chi connectivity index (χ2v) is 6.69. The zero-order valence-corrected chi connectivity index (χ0v) is 12.3. The van der Waals surface area contributed by atoms with Crippen LogP contribution in [0.5, 0.6) is 0 Å². The third kappa shape index (κ3) is 2.59. The van der Waals surface area contributed by atoms with Gasteiger partial charge in [-0.25, -0.2) is 8.42 Å². The summed E-state index contributed by atoms with van der Waals surface area (Å²) in [4.78, 5) is 10.3. The van der Waals surface area contributed by atoms with Crippen LogP contribution in [0.4, 0.5) is 5.69 Å². The number of aromatic nitrogens is 2. The number of nitrogens with zero attached hydrogens (tertiary/aromatic N) is 3. The quantitative estimate of drug-likeness (QED) is 0.399. The molecular weight excluding hydrogens is 326 g/mol. The number of hydrogen-bond acceptors (Lipinski definition) is 7. The molecule has 10 heteroatoms. The van der Waals surface area contributed by atoms with Crippen LogP contribution in [0, 0.1) is 15.3 Å². The predicted octanol–water partition coefficient (Wildman–Crippen LogP) is 1.34. The largest absolute Gasteiger partial charge is 0.359 e. The lowest BCUT2D eigenvalue weighted by molar-refractivity contribution is -0.782. The first-order chi connectivity index (χ1) is 10.9. The summed E-state index contributed by atoms with van der Waals surface area (Å²) in [5, 5.41) is 25.9. The highest BCUT2D eigenvalue weighted by molar-refractivity contribution is 7.90. The lowest BCUT2D eigenvalue weighted by Gasteiger charge is -2.04. The van der Waals surface area contributed by atoms with Crippen LogP contribution < -0.4 is 4.90 Å². The summed E-state index contributed by atoms with van der Waals surface area (Å²) >= 11 is 0. The van der Waals surface area contributed by atoms with E-state index in [2.05, 4.69) is 9.79 Å². The van der Waals surface area contributed by atoms with Crippen molar-refractivity contribution in [3.8, 4) is 0 Å². The molecule has 1 aromatic heterocycles. The van der Waals surface area contributed by atoms with Crippen molar-refractivity contribution in [3.05, 3.63) is 63.3 Å². The van der Waals surface area contributed by atoms with Crippen molar-refractivity contribution in [1.29, 1.82) is 0 Å². The van der Waals surface area contributed by atoms with Gasteiger partial charge in [0.1, 0.15) is 0 Å². The Balaban J connectivity index is 2.13. The zero-order valence-electron chi connectivity index (χ0n) is 11.4. The summed E-state index contributed by atoms with van der Waals surface area (Å²) in [5.74, 6) is -0.505. The van der Waals surface area contributed by atoms with Crippen LogP contribution in [-0.4, -0.2) is 18.5 Å². The number of nitro benzene ring substituents is 1. The monoisotopic (exact) mass is 335 g/mol. The molecule has 0 atom stereocenters. The maximum Gasteiger partial charge on any atom is 0.326 e. The van der Waals surface area contributed by atoms with Crippen LogP contribution in [0.15, 0.2) is 52.0 Å². The minimum absolute atomic E-state index is 0.0296. The molecule has 1 heterocycles. The molecule has 0 saturated heterocycles. The van der Waals surface area contributed by atoms with Gasteiger partial charge in [0.05, 0.1) is 20.7 Å². The second kappa shape index (κ2) is 5.32. The van der Waals surface area contributed by atoms with Crippen LogP contribution >= 0.6 is 0 Å². The van der Waals surface area contributed by atoms with Gasteiger partial charge in [0, 0.05) is 11.6 Å². The zero-order chi connectivity index (χ0) is 16.6. The molecule has 0 fully saturated rings. The van der Waals surface area contributed by atoms with Crippen molar-refractivity contribution in [2.45, 2.75) is 10.6 Å². The van der Waals surface area contributed by atoms with E-state index < -0.39 is 26.2 Å². The topological polar surface area (TPSA) is 130 Å². The second-order valence-electron chi connectivity index (χ2n) is 4.70. The Hall–Kier alpha value is -3.01. The molecule has 0 spiro atoms. The van der Waals surface area contributed by atoms with E-state index >= 15 is 0 Å². The molecule has 0 N–H and O–H groups in total. The highest BCUT2D eigenvalue weighted by Crippen LogP contribution is 2.27. The average molecular weight is 335 g/mol. The van der Waals surface area contributed by atoms with Crippen molar-refractivity contribution in [3.63, 3.8) is 0 Å². The predicted molar refractivity (Wildman–Crippen MR) is 77.0 cm³/mol. The minimum Gasteiger partial charge on any atom is -0.359 e. The molecule has 0 aliphatic carbocycles. The fourth-order valence-electron chi connectivity index (χ4n) is 2.20. The number of fused-ring (bicyclic) bond motifs is 1. The van der Waals surface area contributed by atoms with Gasteiger partial charge in [-0.1, -0.05) is 18.2 Å². The molecule has 0 saturated carbocycles. The summed E-state index contributed by atoms with van der Waals surface area (Å²) in [5.41, 5.74) is -0.908. The van der Waals surface area contributed by atoms with Gasteiger partial charge in [0.25, 0.3) is 0 Å². The average Bonchev–Trinajstić information content (AvgIpc) is 2.90. The molecule has 3 rings (SSSR count). The van der Waals surface area contributed by atoms with E-state index in [0.717, 1.165) is 6.07 Å². The van der Waals surface area contributed by atoms with Gasteiger partial charge < -0.3 is 5.21 Å². The highest BCUT2D eigenvalue weighted by atomic mass is 32.2. The smallest absolute Gasteiger partial charge is 0.326 e. The first-order valence-corrected chi connectivity index (χ1v) is 7.99. The van der Waals surface area contributed by atoms with Crippen LogP contribution in [0.1, 0.15) is 5.56 Å². The van der Waals surface area contributed by atoms with E-state index in [-0.39, 0.29) is 26.4 Å². The highest BCUT2D eigenvalue weighted by Gasteiger charge is 2.28. The van der Waals surface area contributed by atoms with Gasteiger partial charge in [0.15, 0.2) is 9.84 Å². The molecular formula is C13H9N3O6S. The normalized spacial score (nSPS) is 11.7. The Bertz CT molecular complexity index is 997. The SMILES string of the molecule is O=[N+]([O-])c1ccc(CS(=O)(=O)c2ccccc2)c2c1no[n+]2[O-]. The van der Waals surface area contributed by atoms with Gasteiger partial charge in [-0.2, -0.15) is 0 Å². The first-order valence-electron chi connectivity index (χ1n) is 6.33. The molecule has 23 heavy (non-hydrogen) atoms. The van der Waals surface area contributed by atoms with Gasteiger partial charge in [0.2, 0.25) is 5.52 Å². The third-order valence-corrected chi connectivity index (χ3v) is 4.93. The number of nitro groups is 1. The van der Waals surface area contributed by atoms with Crippen molar-refractivity contribution < 1.29 is 22.9 Å². The van der Waals surface area contributed by atoms with Crippen LogP contribution in [0.25, 0.3) is 11.0 Å². The van der Waals surface area contributed by atoms with Gasteiger partial charge >= 0.3 is 11.2 Å². The number of hydrogen-bond donors (Lipinski definition) is 0. The Morgan fingerprint density at radius 2 is 1.87 bits per heavy atom. The van der Waals surface area contributed by atoms with E-state index in [1.54, 1.807) is 18.2 Å². The number of sulfone groups is 1.